The number of hydrogen-bond acceptors (Lipinski definition) is 4. The summed E-state index contributed by atoms with van der Waals surface area (Å²) in [5, 5.41) is 14.3. The summed E-state index contributed by atoms with van der Waals surface area (Å²) in [6.07, 6.45) is 0.155. The van der Waals surface area contributed by atoms with Gasteiger partial charge in [0.2, 0.25) is 0 Å². The molecule has 3 atom stereocenters. The van der Waals surface area contributed by atoms with Crippen LogP contribution in [0.5, 0.6) is 11.5 Å². The third-order valence-corrected chi connectivity index (χ3v) is 5.00. The van der Waals surface area contributed by atoms with Crippen molar-refractivity contribution in [3.63, 3.8) is 0 Å². The van der Waals surface area contributed by atoms with Crippen molar-refractivity contribution in [2.75, 3.05) is 13.2 Å². The Morgan fingerprint density at radius 3 is 2.58 bits per heavy atom. The third-order valence-electron chi connectivity index (χ3n) is 4.68. The summed E-state index contributed by atoms with van der Waals surface area (Å²) < 4.78 is 11.7. The Balaban J connectivity index is 1.47. The molecule has 1 heterocycles. The molecule has 2 aromatic rings. The fourth-order valence-electron chi connectivity index (χ4n) is 3.09. The molecule has 26 heavy (non-hydrogen) atoms. The average molecular weight is 376 g/mol. The zero-order valence-corrected chi connectivity index (χ0v) is 15.9. The quantitative estimate of drug-likeness (QED) is 0.767. The Bertz CT molecular complexity index is 705. The first-order valence-corrected chi connectivity index (χ1v) is 9.46. The first-order valence-electron chi connectivity index (χ1n) is 9.08. The van der Waals surface area contributed by atoms with Gasteiger partial charge in [-0.2, -0.15) is 0 Å². The van der Waals surface area contributed by atoms with Crippen LogP contribution in [0.25, 0.3) is 0 Å². The fraction of sp³-hybridized carbons (Fsp3) is 0.429. The van der Waals surface area contributed by atoms with E-state index in [0.29, 0.717) is 23.2 Å². The van der Waals surface area contributed by atoms with E-state index < -0.39 is 6.10 Å². The second kappa shape index (κ2) is 8.76. The molecule has 140 valence electrons. The van der Waals surface area contributed by atoms with E-state index in [1.54, 1.807) is 12.1 Å². The SMILES string of the molecule is CC(C)c1ccc(O[C@H]2CNC(C(O)COc3ccccc3Cl)C2)cc1. The summed E-state index contributed by atoms with van der Waals surface area (Å²) in [6, 6.07) is 15.4. The summed E-state index contributed by atoms with van der Waals surface area (Å²) in [7, 11) is 0. The molecule has 1 saturated heterocycles. The van der Waals surface area contributed by atoms with Crippen LogP contribution in [0.15, 0.2) is 48.5 Å². The van der Waals surface area contributed by atoms with Gasteiger partial charge in [0.1, 0.15) is 30.3 Å². The molecule has 0 aliphatic carbocycles. The molecule has 0 bridgehead atoms. The standard InChI is InChI=1S/C21H26ClNO3/c1-14(2)15-7-9-16(10-8-15)26-17-11-19(23-12-17)20(24)13-25-21-6-4-3-5-18(21)22/h3-10,14,17,19-20,23-24H,11-13H2,1-2H3/t17-,19?,20?/m1/s1. The maximum absolute atomic E-state index is 10.4. The van der Waals surface area contributed by atoms with E-state index in [1.807, 2.05) is 24.3 Å². The van der Waals surface area contributed by atoms with Gasteiger partial charge in [0.25, 0.3) is 0 Å². The van der Waals surface area contributed by atoms with E-state index in [9.17, 15) is 5.11 Å². The van der Waals surface area contributed by atoms with Crippen molar-refractivity contribution in [1.29, 1.82) is 0 Å². The van der Waals surface area contributed by atoms with E-state index in [2.05, 4.69) is 31.3 Å². The van der Waals surface area contributed by atoms with Crippen molar-refractivity contribution in [3.05, 3.63) is 59.1 Å². The van der Waals surface area contributed by atoms with Crippen molar-refractivity contribution in [3.8, 4) is 11.5 Å². The summed E-state index contributed by atoms with van der Waals surface area (Å²) in [5.74, 6) is 1.96. The molecule has 2 N–H and O–H groups in total. The minimum Gasteiger partial charge on any atom is -0.489 e. The normalized spacial score (nSPS) is 21.0. The van der Waals surface area contributed by atoms with Crippen LogP contribution in [0.2, 0.25) is 5.02 Å². The highest BCUT2D eigenvalue weighted by Crippen LogP contribution is 2.25. The van der Waals surface area contributed by atoms with E-state index in [-0.39, 0.29) is 18.8 Å². The smallest absolute Gasteiger partial charge is 0.138 e. The highest BCUT2D eigenvalue weighted by molar-refractivity contribution is 6.32. The van der Waals surface area contributed by atoms with Gasteiger partial charge in [0, 0.05) is 19.0 Å². The van der Waals surface area contributed by atoms with Crippen LogP contribution in [0.4, 0.5) is 0 Å². The number of hydrogen-bond donors (Lipinski definition) is 2. The van der Waals surface area contributed by atoms with Crippen molar-refractivity contribution in [1.82, 2.24) is 5.32 Å². The molecule has 0 spiro atoms. The molecule has 4 nitrogen and oxygen atoms in total. The van der Waals surface area contributed by atoms with Crippen molar-refractivity contribution >= 4 is 11.6 Å². The van der Waals surface area contributed by atoms with Crippen LogP contribution in [0, 0.1) is 0 Å². The molecule has 2 aromatic carbocycles. The highest BCUT2D eigenvalue weighted by Gasteiger charge is 2.31. The molecular formula is C21H26ClNO3. The van der Waals surface area contributed by atoms with Gasteiger partial charge in [-0.3, -0.25) is 0 Å². The molecule has 1 aliphatic heterocycles. The second-order valence-electron chi connectivity index (χ2n) is 7.02. The summed E-state index contributed by atoms with van der Waals surface area (Å²) in [5.41, 5.74) is 1.30. The molecule has 0 radical (unpaired) electrons. The Kier molecular flexibility index (Phi) is 6.41. The summed E-state index contributed by atoms with van der Waals surface area (Å²) >= 11 is 6.07. The lowest BCUT2D eigenvalue weighted by Gasteiger charge is -2.19. The molecule has 0 amide bonds. The average Bonchev–Trinajstić information content (AvgIpc) is 3.10. The number of aliphatic hydroxyl groups is 1. The Hall–Kier alpha value is -1.75. The van der Waals surface area contributed by atoms with E-state index in [0.717, 1.165) is 12.2 Å². The van der Waals surface area contributed by atoms with Crippen LogP contribution in [-0.4, -0.2) is 36.5 Å². The predicted octanol–water partition coefficient (Wildman–Crippen LogP) is 4.01. The third kappa shape index (κ3) is 4.91. The van der Waals surface area contributed by atoms with Gasteiger partial charge in [-0.15, -0.1) is 0 Å². The molecule has 5 heteroatoms. The Morgan fingerprint density at radius 1 is 1.15 bits per heavy atom. The molecule has 3 rings (SSSR count). The first-order chi connectivity index (χ1) is 12.5. The predicted molar refractivity (Wildman–Crippen MR) is 104 cm³/mol. The van der Waals surface area contributed by atoms with Gasteiger partial charge in [0.05, 0.1) is 5.02 Å². The zero-order valence-electron chi connectivity index (χ0n) is 15.2. The van der Waals surface area contributed by atoms with E-state index in [1.165, 1.54) is 5.56 Å². The van der Waals surface area contributed by atoms with Gasteiger partial charge in [-0.25, -0.2) is 0 Å². The van der Waals surface area contributed by atoms with Crippen LogP contribution >= 0.6 is 11.6 Å². The maximum Gasteiger partial charge on any atom is 0.138 e. The number of benzene rings is 2. The largest absolute Gasteiger partial charge is 0.489 e. The summed E-state index contributed by atoms with van der Waals surface area (Å²) in [6.45, 7) is 5.25. The highest BCUT2D eigenvalue weighted by atomic mass is 35.5. The van der Waals surface area contributed by atoms with Gasteiger partial charge in [-0.1, -0.05) is 49.7 Å². The molecule has 1 aliphatic rings. The van der Waals surface area contributed by atoms with Crippen molar-refractivity contribution in [2.45, 2.75) is 44.4 Å². The molecular weight excluding hydrogens is 350 g/mol. The Labute approximate surface area is 160 Å². The zero-order chi connectivity index (χ0) is 18.5. The van der Waals surface area contributed by atoms with E-state index >= 15 is 0 Å². The topological polar surface area (TPSA) is 50.7 Å². The minimum absolute atomic E-state index is 0.0415. The Morgan fingerprint density at radius 2 is 1.88 bits per heavy atom. The number of para-hydroxylation sites is 1. The molecule has 1 fully saturated rings. The molecule has 0 aromatic heterocycles. The minimum atomic E-state index is -0.622. The number of aliphatic hydroxyl groups excluding tert-OH is 1. The lowest BCUT2D eigenvalue weighted by atomic mass is 10.0. The number of halogens is 1. The maximum atomic E-state index is 10.4. The van der Waals surface area contributed by atoms with E-state index in [4.69, 9.17) is 21.1 Å². The number of nitrogens with one attached hydrogen (secondary N) is 1. The number of rotatable bonds is 7. The van der Waals surface area contributed by atoms with Crippen molar-refractivity contribution < 1.29 is 14.6 Å². The molecule has 0 saturated carbocycles. The van der Waals surface area contributed by atoms with Crippen LogP contribution in [-0.2, 0) is 0 Å². The van der Waals surface area contributed by atoms with Gasteiger partial charge >= 0.3 is 0 Å². The van der Waals surface area contributed by atoms with Crippen LogP contribution < -0.4 is 14.8 Å². The second-order valence-corrected chi connectivity index (χ2v) is 7.43. The fourth-order valence-corrected chi connectivity index (χ4v) is 3.28. The van der Waals surface area contributed by atoms with Gasteiger partial charge in [-0.05, 0) is 35.7 Å². The first kappa shape index (κ1) is 19.0. The van der Waals surface area contributed by atoms with Crippen LogP contribution in [0.3, 0.4) is 0 Å². The lowest BCUT2D eigenvalue weighted by Crippen LogP contribution is -2.38. The number of ether oxygens (including phenoxy) is 2. The lowest BCUT2D eigenvalue weighted by molar-refractivity contribution is 0.0756. The summed E-state index contributed by atoms with van der Waals surface area (Å²) in [4.78, 5) is 0. The van der Waals surface area contributed by atoms with Gasteiger partial charge < -0.3 is 19.9 Å². The molecule has 2 unspecified atom stereocenters. The van der Waals surface area contributed by atoms with Gasteiger partial charge in [0.15, 0.2) is 0 Å². The monoisotopic (exact) mass is 375 g/mol. The van der Waals surface area contributed by atoms with Crippen molar-refractivity contribution in [2.24, 2.45) is 0 Å². The van der Waals surface area contributed by atoms with Crippen LogP contribution in [0.1, 0.15) is 31.7 Å².